The number of fused-ring (bicyclic) bond motifs is 1. The summed E-state index contributed by atoms with van der Waals surface area (Å²) in [5.41, 5.74) is 0. The van der Waals surface area contributed by atoms with E-state index < -0.39 is 48.4 Å². The van der Waals surface area contributed by atoms with Gasteiger partial charge in [-0.3, -0.25) is 4.79 Å². The van der Waals surface area contributed by atoms with Gasteiger partial charge in [0.05, 0.1) is 0 Å². The largest absolute Gasteiger partial charge is 0.457 e. The molecule has 6 atom stereocenters. The second kappa shape index (κ2) is 5.48. The van der Waals surface area contributed by atoms with Crippen LogP contribution < -0.4 is 0 Å². The molecule has 1 heterocycles. The number of aliphatic hydroxyl groups is 3. The van der Waals surface area contributed by atoms with Gasteiger partial charge in [0.1, 0.15) is 30.5 Å². The third-order valence-corrected chi connectivity index (χ3v) is 4.64. The molecule has 3 aliphatic rings. The van der Waals surface area contributed by atoms with Crippen LogP contribution in [0, 0.1) is 0 Å². The molecule has 1 saturated heterocycles. The van der Waals surface area contributed by atoms with Crippen molar-refractivity contribution in [2.75, 3.05) is 0 Å². The van der Waals surface area contributed by atoms with Crippen molar-refractivity contribution in [3.05, 3.63) is 0 Å². The fourth-order valence-electron chi connectivity index (χ4n) is 3.62. The third kappa shape index (κ3) is 2.57. The Bertz CT molecular complexity index is 406. The summed E-state index contributed by atoms with van der Waals surface area (Å²) >= 11 is 0. The van der Waals surface area contributed by atoms with Crippen LogP contribution in [0.1, 0.15) is 39.0 Å². The van der Waals surface area contributed by atoms with Crippen LogP contribution in [-0.2, 0) is 19.0 Å². The smallest absolute Gasteiger partial charge is 0.303 e. The predicted molar refractivity (Wildman–Crippen MR) is 69.1 cm³/mol. The van der Waals surface area contributed by atoms with Crippen molar-refractivity contribution >= 4 is 5.97 Å². The molecular formula is C14H22O7. The summed E-state index contributed by atoms with van der Waals surface area (Å²) in [6.45, 7) is 1.19. The van der Waals surface area contributed by atoms with Gasteiger partial charge in [0, 0.05) is 19.8 Å². The first-order chi connectivity index (χ1) is 9.93. The average molecular weight is 302 g/mol. The molecule has 3 fully saturated rings. The maximum Gasteiger partial charge on any atom is 0.303 e. The Morgan fingerprint density at radius 3 is 2.14 bits per heavy atom. The van der Waals surface area contributed by atoms with Gasteiger partial charge in [0.2, 0.25) is 0 Å². The van der Waals surface area contributed by atoms with Crippen molar-refractivity contribution in [3.63, 3.8) is 0 Å². The summed E-state index contributed by atoms with van der Waals surface area (Å²) in [5, 5.41) is 30.6. The number of carbonyl (C=O) groups excluding carboxylic acids is 1. The molecule has 0 aromatic rings. The molecule has 1 aliphatic heterocycles. The molecule has 21 heavy (non-hydrogen) atoms. The lowest BCUT2D eigenvalue weighted by Gasteiger charge is -2.40. The quantitative estimate of drug-likeness (QED) is 0.559. The van der Waals surface area contributed by atoms with Crippen LogP contribution in [-0.4, -0.2) is 63.7 Å². The molecule has 7 nitrogen and oxygen atoms in total. The van der Waals surface area contributed by atoms with Crippen LogP contribution in [0.4, 0.5) is 0 Å². The van der Waals surface area contributed by atoms with Gasteiger partial charge in [-0.05, 0) is 12.8 Å². The SMILES string of the molecule is CC(=O)O[C@@H]1[C@@H](O)[C@H](O)[C@@H]2OC3(CCCCC3)O[C@@H]2[C@H]1O. The van der Waals surface area contributed by atoms with E-state index in [4.69, 9.17) is 14.2 Å². The molecule has 0 unspecified atom stereocenters. The van der Waals surface area contributed by atoms with Gasteiger partial charge >= 0.3 is 5.97 Å². The van der Waals surface area contributed by atoms with E-state index in [9.17, 15) is 20.1 Å². The van der Waals surface area contributed by atoms with Crippen LogP contribution in [0.25, 0.3) is 0 Å². The van der Waals surface area contributed by atoms with Gasteiger partial charge in [-0.15, -0.1) is 0 Å². The maximum atomic E-state index is 11.1. The molecule has 0 aromatic carbocycles. The lowest BCUT2D eigenvalue weighted by molar-refractivity contribution is -0.210. The van der Waals surface area contributed by atoms with E-state index in [1.807, 2.05) is 0 Å². The van der Waals surface area contributed by atoms with Crippen LogP contribution in [0.3, 0.4) is 0 Å². The summed E-state index contributed by atoms with van der Waals surface area (Å²) in [6, 6.07) is 0. The number of hydrogen-bond acceptors (Lipinski definition) is 7. The van der Waals surface area contributed by atoms with Crippen molar-refractivity contribution in [2.24, 2.45) is 0 Å². The van der Waals surface area contributed by atoms with E-state index in [0.29, 0.717) is 12.8 Å². The molecule has 0 aromatic heterocycles. The topological polar surface area (TPSA) is 105 Å². The highest BCUT2D eigenvalue weighted by Gasteiger charge is 2.60. The minimum atomic E-state index is -1.40. The second-order valence-corrected chi connectivity index (χ2v) is 6.18. The third-order valence-electron chi connectivity index (χ3n) is 4.64. The van der Waals surface area contributed by atoms with Crippen molar-refractivity contribution in [1.82, 2.24) is 0 Å². The lowest BCUT2D eigenvalue weighted by Crippen LogP contribution is -2.63. The first-order valence-corrected chi connectivity index (χ1v) is 7.51. The zero-order valence-corrected chi connectivity index (χ0v) is 12.0. The van der Waals surface area contributed by atoms with Gasteiger partial charge in [-0.1, -0.05) is 6.42 Å². The van der Waals surface area contributed by atoms with Gasteiger partial charge in [0.15, 0.2) is 11.9 Å². The van der Waals surface area contributed by atoms with Gasteiger partial charge in [0.25, 0.3) is 0 Å². The average Bonchev–Trinajstić information content (AvgIpc) is 2.81. The summed E-state index contributed by atoms with van der Waals surface area (Å²) in [5.74, 6) is -1.42. The fraction of sp³-hybridized carbons (Fsp3) is 0.929. The summed E-state index contributed by atoms with van der Waals surface area (Å²) < 4.78 is 16.7. The maximum absolute atomic E-state index is 11.1. The number of hydrogen-bond donors (Lipinski definition) is 3. The van der Waals surface area contributed by atoms with Crippen LogP contribution >= 0.6 is 0 Å². The highest BCUT2D eigenvalue weighted by Crippen LogP contribution is 2.45. The highest BCUT2D eigenvalue weighted by atomic mass is 16.8. The highest BCUT2D eigenvalue weighted by molar-refractivity contribution is 5.66. The zero-order valence-electron chi connectivity index (χ0n) is 12.0. The van der Waals surface area contributed by atoms with E-state index in [1.165, 1.54) is 6.92 Å². The van der Waals surface area contributed by atoms with Gasteiger partial charge in [-0.2, -0.15) is 0 Å². The standard InChI is InChI=1S/C14H22O7/c1-7(15)19-11-8(16)9(17)12-13(10(11)18)21-14(20-12)5-3-2-4-6-14/h8-13,16-18H,2-6H2,1H3/t8-,9-,10-,11+,12-,13+/m0/s1. The summed E-state index contributed by atoms with van der Waals surface area (Å²) in [6.07, 6.45) is -2.26. The van der Waals surface area contributed by atoms with E-state index in [1.54, 1.807) is 0 Å². The minimum absolute atomic E-state index is 0.630. The van der Waals surface area contributed by atoms with Crippen molar-refractivity contribution < 1.29 is 34.3 Å². The predicted octanol–water partition coefficient (Wildman–Crippen LogP) is -0.541. The number of aliphatic hydroxyl groups excluding tert-OH is 3. The van der Waals surface area contributed by atoms with Crippen molar-refractivity contribution in [2.45, 2.75) is 81.4 Å². The molecule has 7 heteroatoms. The normalized spacial score (nSPS) is 45.3. The van der Waals surface area contributed by atoms with Gasteiger partial charge in [-0.25, -0.2) is 0 Å². The van der Waals surface area contributed by atoms with Crippen molar-refractivity contribution in [3.8, 4) is 0 Å². The molecule has 3 N–H and O–H groups in total. The Morgan fingerprint density at radius 1 is 1.00 bits per heavy atom. The Balaban J connectivity index is 1.80. The van der Waals surface area contributed by atoms with Crippen LogP contribution in [0.2, 0.25) is 0 Å². The molecule has 0 radical (unpaired) electrons. The molecule has 0 amide bonds. The number of rotatable bonds is 1. The Labute approximate surface area is 122 Å². The Morgan fingerprint density at radius 2 is 1.57 bits per heavy atom. The summed E-state index contributed by atoms with van der Waals surface area (Å²) in [7, 11) is 0. The first-order valence-electron chi connectivity index (χ1n) is 7.51. The Kier molecular flexibility index (Phi) is 3.96. The molecule has 0 bridgehead atoms. The fourth-order valence-corrected chi connectivity index (χ4v) is 3.62. The molecular weight excluding hydrogens is 280 g/mol. The van der Waals surface area contributed by atoms with Crippen molar-refractivity contribution in [1.29, 1.82) is 0 Å². The monoisotopic (exact) mass is 302 g/mol. The number of carbonyl (C=O) groups is 1. The van der Waals surface area contributed by atoms with Crippen LogP contribution in [0.15, 0.2) is 0 Å². The van der Waals surface area contributed by atoms with E-state index in [-0.39, 0.29) is 0 Å². The van der Waals surface area contributed by atoms with E-state index in [0.717, 1.165) is 19.3 Å². The minimum Gasteiger partial charge on any atom is -0.457 e. The van der Waals surface area contributed by atoms with E-state index >= 15 is 0 Å². The number of ether oxygens (including phenoxy) is 3. The molecule has 1 spiro atoms. The summed E-state index contributed by atoms with van der Waals surface area (Å²) in [4.78, 5) is 11.1. The molecule has 120 valence electrons. The lowest BCUT2D eigenvalue weighted by atomic mass is 9.85. The number of esters is 1. The van der Waals surface area contributed by atoms with E-state index in [2.05, 4.69) is 0 Å². The first kappa shape index (κ1) is 15.2. The van der Waals surface area contributed by atoms with Crippen LogP contribution in [0.5, 0.6) is 0 Å². The van der Waals surface area contributed by atoms with Gasteiger partial charge < -0.3 is 29.5 Å². The molecule has 3 rings (SSSR count). The Hall–Kier alpha value is -0.730. The zero-order chi connectivity index (χ0) is 15.2. The molecule has 2 aliphatic carbocycles. The molecule has 2 saturated carbocycles. The second-order valence-electron chi connectivity index (χ2n) is 6.18.